The Hall–Kier alpha value is -1.02. The molecule has 0 heterocycles. The number of ether oxygens (including phenoxy) is 1. The van der Waals surface area contributed by atoms with E-state index in [-0.39, 0.29) is 6.04 Å². The number of benzene rings is 1. The summed E-state index contributed by atoms with van der Waals surface area (Å²) in [5, 5.41) is 0. The molecule has 0 saturated carbocycles. The van der Waals surface area contributed by atoms with Gasteiger partial charge in [0.05, 0.1) is 6.61 Å². The van der Waals surface area contributed by atoms with E-state index in [1.165, 1.54) is 0 Å². The lowest BCUT2D eigenvalue weighted by molar-refractivity contribution is 0.289. The number of para-hydroxylation sites is 1. The van der Waals surface area contributed by atoms with E-state index < -0.39 is 0 Å². The van der Waals surface area contributed by atoms with Crippen LogP contribution in [0.1, 0.15) is 26.7 Å². The maximum atomic E-state index is 5.96. The van der Waals surface area contributed by atoms with Crippen molar-refractivity contribution < 1.29 is 4.74 Å². The van der Waals surface area contributed by atoms with E-state index in [1.54, 1.807) is 0 Å². The molecule has 0 aliphatic carbocycles. The molecule has 84 valence electrons. The zero-order chi connectivity index (χ0) is 11.1. The highest BCUT2D eigenvalue weighted by molar-refractivity contribution is 5.20. The third kappa shape index (κ3) is 5.43. The topological polar surface area (TPSA) is 35.2 Å². The molecular formula is C13H21NO. The van der Waals surface area contributed by atoms with Crippen molar-refractivity contribution in [3.63, 3.8) is 0 Å². The Morgan fingerprint density at radius 3 is 2.47 bits per heavy atom. The molecule has 1 rings (SSSR count). The average Bonchev–Trinajstić information content (AvgIpc) is 2.18. The molecule has 1 aromatic carbocycles. The highest BCUT2D eigenvalue weighted by atomic mass is 16.5. The van der Waals surface area contributed by atoms with Crippen LogP contribution >= 0.6 is 0 Å². The summed E-state index contributed by atoms with van der Waals surface area (Å²) in [6.45, 7) is 5.09. The number of hydrogen-bond donors (Lipinski definition) is 1. The van der Waals surface area contributed by atoms with Gasteiger partial charge < -0.3 is 10.5 Å². The van der Waals surface area contributed by atoms with Crippen molar-refractivity contribution in [3.8, 4) is 5.75 Å². The summed E-state index contributed by atoms with van der Waals surface area (Å²) >= 11 is 0. The van der Waals surface area contributed by atoms with E-state index in [1.807, 2.05) is 30.3 Å². The van der Waals surface area contributed by atoms with Gasteiger partial charge in [0.2, 0.25) is 0 Å². The zero-order valence-corrected chi connectivity index (χ0v) is 9.65. The third-order valence-electron chi connectivity index (χ3n) is 2.27. The van der Waals surface area contributed by atoms with Gasteiger partial charge in [-0.1, -0.05) is 32.0 Å². The summed E-state index contributed by atoms with van der Waals surface area (Å²) in [6.07, 6.45) is 1.99. The fraction of sp³-hybridized carbons (Fsp3) is 0.538. The van der Waals surface area contributed by atoms with Crippen LogP contribution in [-0.4, -0.2) is 12.6 Å². The largest absolute Gasteiger partial charge is 0.494 e. The first-order chi connectivity index (χ1) is 7.18. The van der Waals surface area contributed by atoms with Crippen LogP contribution in [0.4, 0.5) is 0 Å². The summed E-state index contributed by atoms with van der Waals surface area (Å²) in [5.74, 6) is 1.59. The zero-order valence-electron chi connectivity index (χ0n) is 9.65. The first kappa shape index (κ1) is 12.1. The smallest absolute Gasteiger partial charge is 0.119 e. The molecule has 1 aromatic rings. The van der Waals surface area contributed by atoms with E-state index >= 15 is 0 Å². The van der Waals surface area contributed by atoms with Gasteiger partial charge in [0.1, 0.15) is 5.75 Å². The fourth-order valence-corrected chi connectivity index (χ4v) is 1.57. The minimum absolute atomic E-state index is 0.258. The summed E-state index contributed by atoms with van der Waals surface area (Å²) in [4.78, 5) is 0. The molecule has 2 N–H and O–H groups in total. The lowest BCUT2D eigenvalue weighted by atomic mass is 10.0. The van der Waals surface area contributed by atoms with Crippen molar-refractivity contribution in [3.05, 3.63) is 30.3 Å². The van der Waals surface area contributed by atoms with Gasteiger partial charge in [-0.15, -0.1) is 0 Å². The van der Waals surface area contributed by atoms with E-state index in [0.29, 0.717) is 12.5 Å². The van der Waals surface area contributed by atoms with Crippen molar-refractivity contribution in [2.75, 3.05) is 6.61 Å². The molecule has 0 aromatic heterocycles. The van der Waals surface area contributed by atoms with Crippen LogP contribution < -0.4 is 10.5 Å². The van der Waals surface area contributed by atoms with Gasteiger partial charge in [0.15, 0.2) is 0 Å². The molecule has 0 saturated heterocycles. The first-order valence-corrected chi connectivity index (χ1v) is 5.62. The van der Waals surface area contributed by atoms with Crippen LogP contribution in [0, 0.1) is 5.92 Å². The molecule has 1 unspecified atom stereocenters. The van der Waals surface area contributed by atoms with E-state index in [9.17, 15) is 0 Å². The molecule has 0 amide bonds. The van der Waals surface area contributed by atoms with Crippen LogP contribution in [0.25, 0.3) is 0 Å². The standard InChI is InChI=1S/C13H21NO/c1-11(2)10-12(14)8-9-15-13-6-4-3-5-7-13/h3-7,11-12H,8-10,14H2,1-2H3. The SMILES string of the molecule is CC(C)CC(N)CCOc1ccccc1. The summed E-state index contributed by atoms with van der Waals surface area (Å²) in [5.41, 5.74) is 5.96. The van der Waals surface area contributed by atoms with Crippen molar-refractivity contribution >= 4 is 0 Å². The number of hydrogen-bond acceptors (Lipinski definition) is 2. The van der Waals surface area contributed by atoms with Crippen molar-refractivity contribution in [2.24, 2.45) is 11.7 Å². The molecule has 2 heteroatoms. The molecule has 0 bridgehead atoms. The maximum Gasteiger partial charge on any atom is 0.119 e. The van der Waals surface area contributed by atoms with Crippen LogP contribution in [0.15, 0.2) is 30.3 Å². The molecular weight excluding hydrogens is 186 g/mol. The number of nitrogens with two attached hydrogens (primary N) is 1. The van der Waals surface area contributed by atoms with Gasteiger partial charge >= 0.3 is 0 Å². The second-order valence-corrected chi connectivity index (χ2v) is 4.34. The quantitative estimate of drug-likeness (QED) is 0.778. The highest BCUT2D eigenvalue weighted by Crippen LogP contribution is 2.10. The Labute approximate surface area is 92.4 Å². The Kier molecular flexibility index (Phi) is 5.19. The van der Waals surface area contributed by atoms with Gasteiger partial charge in [-0.3, -0.25) is 0 Å². The third-order valence-corrected chi connectivity index (χ3v) is 2.27. The summed E-state index contributed by atoms with van der Waals surface area (Å²) in [7, 11) is 0. The Balaban J connectivity index is 2.16. The van der Waals surface area contributed by atoms with Crippen LogP contribution in [-0.2, 0) is 0 Å². The lowest BCUT2D eigenvalue weighted by Gasteiger charge is -2.14. The van der Waals surface area contributed by atoms with Crippen molar-refractivity contribution in [1.82, 2.24) is 0 Å². The molecule has 0 spiro atoms. The molecule has 0 aliphatic heterocycles. The van der Waals surface area contributed by atoms with Gasteiger partial charge in [0.25, 0.3) is 0 Å². The van der Waals surface area contributed by atoms with Crippen LogP contribution in [0.2, 0.25) is 0 Å². The van der Waals surface area contributed by atoms with E-state index in [0.717, 1.165) is 18.6 Å². The Bertz CT molecular complexity index is 258. The fourth-order valence-electron chi connectivity index (χ4n) is 1.57. The normalized spacial score (nSPS) is 12.8. The highest BCUT2D eigenvalue weighted by Gasteiger charge is 2.05. The first-order valence-electron chi connectivity index (χ1n) is 5.62. The number of rotatable bonds is 6. The second-order valence-electron chi connectivity index (χ2n) is 4.34. The minimum atomic E-state index is 0.258. The predicted molar refractivity (Wildman–Crippen MR) is 64.0 cm³/mol. The lowest BCUT2D eigenvalue weighted by Crippen LogP contribution is -2.24. The van der Waals surface area contributed by atoms with Gasteiger partial charge in [0, 0.05) is 6.04 Å². The second kappa shape index (κ2) is 6.46. The summed E-state index contributed by atoms with van der Waals surface area (Å²) < 4.78 is 5.58. The predicted octanol–water partition coefficient (Wildman–Crippen LogP) is 2.83. The molecule has 0 aliphatic rings. The van der Waals surface area contributed by atoms with Gasteiger partial charge in [-0.05, 0) is 30.9 Å². The van der Waals surface area contributed by atoms with Crippen molar-refractivity contribution in [1.29, 1.82) is 0 Å². The summed E-state index contributed by atoms with van der Waals surface area (Å²) in [6, 6.07) is 10.1. The molecule has 0 fully saturated rings. The molecule has 2 nitrogen and oxygen atoms in total. The maximum absolute atomic E-state index is 5.96. The van der Waals surface area contributed by atoms with E-state index in [4.69, 9.17) is 10.5 Å². The molecule has 1 atom stereocenters. The van der Waals surface area contributed by atoms with E-state index in [2.05, 4.69) is 13.8 Å². The van der Waals surface area contributed by atoms with Crippen LogP contribution in [0.3, 0.4) is 0 Å². The van der Waals surface area contributed by atoms with Gasteiger partial charge in [-0.25, -0.2) is 0 Å². The van der Waals surface area contributed by atoms with Gasteiger partial charge in [-0.2, -0.15) is 0 Å². The minimum Gasteiger partial charge on any atom is -0.494 e. The Morgan fingerprint density at radius 2 is 1.87 bits per heavy atom. The molecule has 15 heavy (non-hydrogen) atoms. The Morgan fingerprint density at radius 1 is 1.20 bits per heavy atom. The van der Waals surface area contributed by atoms with Crippen LogP contribution in [0.5, 0.6) is 5.75 Å². The monoisotopic (exact) mass is 207 g/mol. The van der Waals surface area contributed by atoms with Crippen molar-refractivity contribution in [2.45, 2.75) is 32.7 Å². The average molecular weight is 207 g/mol. The molecule has 0 radical (unpaired) electrons.